The lowest BCUT2D eigenvalue weighted by molar-refractivity contribution is 0.621. The number of aromatic nitrogens is 3. The predicted molar refractivity (Wildman–Crippen MR) is 83.8 cm³/mol. The van der Waals surface area contributed by atoms with E-state index in [1.54, 1.807) is 19.3 Å². The van der Waals surface area contributed by atoms with Gasteiger partial charge in [0, 0.05) is 32.5 Å². The molecule has 0 spiro atoms. The van der Waals surface area contributed by atoms with E-state index in [0.29, 0.717) is 21.7 Å². The summed E-state index contributed by atoms with van der Waals surface area (Å²) >= 11 is 12.1. The summed E-state index contributed by atoms with van der Waals surface area (Å²) in [6, 6.07) is 1.69. The molecule has 108 valence electrons. The second-order valence-electron chi connectivity index (χ2n) is 4.33. The van der Waals surface area contributed by atoms with Crippen LogP contribution in [0.1, 0.15) is 12.8 Å². The molecule has 0 amide bonds. The molecular formula is C13H17Cl2N5. The van der Waals surface area contributed by atoms with Crippen LogP contribution in [0.3, 0.4) is 0 Å². The van der Waals surface area contributed by atoms with Crippen molar-refractivity contribution in [3.8, 4) is 0 Å². The standard InChI is InChI=1S/C13H17Cl2N5/c1-16-12-10(14)8-11(15)13(19-12)18-4-2-3-6-20-7-5-17-9-20/h5,7-9H,2-4,6H2,1H3,(H2,16,18,19). The van der Waals surface area contributed by atoms with Crippen molar-refractivity contribution in [3.63, 3.8) is 0 Å². The number of nitrogens with one attached hydrogen (secondary N) is 2. The van der Waals surface area contributed by atoms with E-state index in [2.05, 4.69) is 25.2 Å². The highest BCUT2D eigenvalue weighted by molar-refractivity contribution is 6.37. The summed E-state index contributed by atoms with van der Waals surface area (Å²) in [5, 5.41) is 7.21. The van der Waals surface area contributed by atoms with Gasteiger partial charge in [-0.15, -0.1) is 0 Å². The summed E-state index contributed by atoms with van der Waals surface area (Å²) in [6.45, 7) is 1.78. The highest BCUT2D eigenvalue weighted by atomic mass is 35.5. The van der Waals surface area contributed by atoms with Crippen molar-refractivity contribution in [1.29, 1.82) is 0 Å². The third-order valence-electron chi connectivity index (χ3n) is 2.86. The molecule has 0 aliphatic heterocycles. The SMILES string of the molecule is CNc1nc(NCCCCn2ccnc2)c(Cl)cc1Cl. The molecule has 0 radical (unpaired) electrons. The van der Waals surface area contributed by atoms with E-state index in [1.165, 1.54) is 0 Å². The van der Waals surface area contributed by atoms with Crippen molar-refractivity contribution in [1.82, 2.24) is 14.5 Å². The summed E-state index contributed by atoms with van der Waals surface area (Å²) in [7, 11) is 1.77. The maximum absolute atomic E-state index is 6.10. The molecule has 0 aliphatic carbocycles. The lowest BCUT2D eigenvalue weighted by atomic mass is 10.3. The lowest BCUT2D eigenvalue weighted by Crippen LogP contribution is -2.07. The summed E-state index contributed by atoms with van der Waals surface area (Å²) in [4.78, 5) is 8.34. The summed E-state index contributed by atoms with van der Waals surface area (Å²) in [5.74, 6) is 1.28. The molecule has 0 bridgehead atoms. The maximum Gasteiger partial charge on any atom is 0.147 e. The Hall–Kier alpha value is -1.46. The van der Waals surface area contributed by atoms with Gasteiger partial charge in [0.05, 0.1) is 16.4 Å². The van der Waals surface area contributed by atoms with E-state index in [0.717, 1.165) is 25.9 Å². The highest BCUT2D eigenvalue weighted by Gasteiger charge is 2.07. The maximum atomic E-state index is 6.10. The Bertz CT molecular complexity index is 542. The zero-order chi connectivity index (χ0) is 14.4. The van der Waals surface area contributed by atoms with E-state index < -0.39 is 0 Å². The fourth-order valence-corrected chi connectivity index (χ4v) is 2.33. The van der Waals surface area contributed by atoms with Gasteiger partial charge in [-0.2, -0.15) is 0 Å². The number of unbranched alkanes of at least 4 members (excludes halogenated alkanes) is 1. The van der Waals surface area contributed by atoms with Crippen molar-refractivity contribution in [2.45, 2.75) is 19.4 Å². The van der Waals surface area contributed by atoms with Gasteiger partial charge in [0.25, 0.3) is 0 Å². The van der Waals surface area contributed by atoms with Crippen LogP contribution < -0.4 is 10.6 Å². The fraction of sp³-hybridized carbons (Fsp3) is 0.385. The lowest BCUT2D eigenvalue weighted by Gasteiger charge is -2.10. The van der Waals surface area contributed by atoms with Gasteiger partial charge < -0.3 is 15.2 Å². The average Bonchev–Trinajstić information content (AvgIpc) is 2.93. The Morgan fingerprint density at radius 3 is 2.70 bits per heavy atom. The zero-order valence-corrected chi connectivity index (χ0v) is 12.7. The zero-order valence-electron chi connectivity index (χ0n) is 11.2. The van der Waals surface area contributed by atoms with Gasteiger partial charge in [-0.25, -0.2) is 9.97 Å². The van der Waals surface area contributed by atoms with Crippen molar-refractivity contribution in [3.05, 3.63) is 34.8 Å². The molecule has 0 fully saturated rings. The minimum Gasteiger partial charge on any atom is -0.372 e. The van der Waals surface area contributed by atoms with Crippen LogP contribution in [0, 0.1) is 0 Å². The van der Waals surface area contributed by atoms with Crippen LogP contribution in [-0.2, 0) is 6.54 Å². The largest absolute Gasteiger partial charge is 0.372 e. The Balaban J connectivity index is 1.79. The van der Waals surface area contributed by atoms with Gasteiger partial charge in [-0.1, -0.05) is 23.2 Å². The molecule has 7 heteroatoms. The fourth-order valence-electron chi connectivity index (χ4n) is 1.81. The molecule has 0 aliphatic rings. The smallest absolute Gasteiger partial charge is 0.147 e. The molecule has 0 saturated heterocycles. The molecule has 2 aromatic heterocycles. The van der Waals surface area contributed by atoms with Crippen molar-refractivity contribution in [2.75, 3.05) is 24.2 Å². The van der Waals surface area contributed by atoms with E-state index in [-0.39, 0.29) is 0 Å². The van der Waals surface area contributed by atoms with Crippen molar-refractivity contribution < 1.29 is 0 Å². The van der Waals surface area contributed by atoms with Crippen molar-refractivity contribution >= 4 is 34.8 Å². The number of imidazole rings is 1. The number of rotatable bonds is 7. The predicted octanol–water partition coefficient (Wildman–Crippen LogP) is 3.52. The number of hydrogen-bond acceptors (Lipinski definition) is 4. The first kappa shape index (κ1) is 14.9. The van der Waals surface area contributed by atoms with Gasteiger partial charge >= 0.3 is 0 Å². The van der Waals surface area contributed by atoms with Gasteiger partial charge in [-0.3, -0.25) is 0 Å². The third kappa shape index (κ3) is 4.02. The Morgan fingerprint density at radius 1 is 1.20 bits per heavy atom. The average molecular weight is 314 g/mol. The molecule has 0 saturated carbocycles. The molecule has 2 heterocycles. The van der Waals surface area contributed by atoms with Crippen LogP contribution in [0.15, 0.2) is 24.8 Å². The minimum atomic E-state index is 0.517. The first-order valence-corrected chi connectivity index (χ1v) is 7.19. The molecule has 2 aromatic rings. The number of pyridine rings is 1. The molecule has 20 heavy (non-hydrogen) atoms. The van der Waals surface area contributed by atoms with Crippen LogP contribution in [0.5, 0.6) is 0 Å². The normalized spacial score (nSPS) is 10.6. The number of hydrogen-bond donors (Lipinski definition) is 2. The Morgan fingerprint density at radius 2 is 2.00 bits per heavy atom. The van der Waals surface area contributed by atoms with E-state index in [1.807, 2.05) is 12.5 Å². The first-order valence-electron chi connectivity index (χ1n) is 6.44. The number of anilines is 2. The molecule has 0 unspecified atom stereocenters. The topological polar surface area (TPSA) is 54.8 Å². The van der Waals surface area contributed by atoms with Crippen LogP contribution >= 0.6 is 23.2 Å². The molecule has 0 atom stereocenters. The second kappa shape index (κ2) is 7.36. The highest BCUT2D eigenvalue weighted by Crippen LogP contribution is 2.28. The van der Waals surface area contributed by atoms with Gasteiger partial charge in [-0.05, 0) is 18.9 Å². The first-order chi connectivity index (χ1) is 9.70. The Kier molecular flexibility index (Phi) is 5.49. The van der Waals surface area contributed by atoms with Gasteiger partial charge in [0.2, 0.25) is 0 Å². The second-order valence-corrected chi connectivity index (χ2v) is 5.15. The molecule has 5 nitrogen and oxygen atoms in total. The summed E-state index contributed by atoms with van der Waals surface area (Å²) in [5.41, 5.74) is 0. The van der Waals surface area contributed by atoms with E-state index in [9.17, 15) is 0 Å². The van der Waals surface area contributed by atoms with Crippen molar-refractivity contribution in [2.24, 2.45) is 0 Å². The van der Waals surface area contributed by atoms with Gasteiger partial charge in [0.15, 0.2) is 0 Å². The minimum absolute atomic E-state index is 0.517. The van der Waals surface area contributed by atoms with Crippen LogP contribution in [0.2, 0.25) is 10.0 Å². The van der Waals surface area contributed by atoms with E-state index in [4.69, 9.17) is 23.2 Å². The van der Waals surface area contributed by atoms with E-state index >= 15 is 0 Å². The number of nitrogens with zero attached hydrogens (tertiary/aromatic N) is 3. The quantitative estimate of drug-likeness (QED) is 0.768. The number of halogens is 2. The van der Waals surface area contributed by atoms with Crippen LogP contribution in [0.4, 0.5) is 11.6 Å². The summed E-state index contributed by atoms with van der Waals surface area (Å²) < 4.78 is 2.06. The Labute approximate surface area is 128 Å². The summed E-state index contributed by atoms with van der Waals surface area (Å²) in [6.07, 6.45) is 7.66. The molecule has 2 rings (SSSR count). The monoisotopic (exact) mass is 313 g/mol. The third-order valence-corrected chi connectivity index (χ3v) is 3.44. The molecular weight excluding hydrogens is 297 g/mol. The number of aryl methyl sites for hydroxylation is 1. The van der Waals surface area contributed by atoms with Crippen LogP contribution in [-0.4, -0.2) is 28.1 Å². The molecule has 2 N–H and O–H groups in total. The van der Waals surface area contributed by atoms with Gasteiger partial charge in [0.1, 0.15) is 11.6 Å². The molecule has 0 aromatic carbocycles. The van der Waals surface area contributed by atoms with Crippen LogP contribution in [0.25, 0.3) is 0 Å².